The third kappa shape index (κ3) is 7.38. The lowest BCUT2D eigenvalue weighted by atomic mass is 10.1. The van der Waals surface area contributed by atoms with Gasteiger partial charge in [0.2, 0.25) is 0 Å². The molecule has 1 fully saturated rings. The van der Waals surface area contributed by atoms with Crippen LogP contribution in [0.4, 0.5) is 4.79 Å². The zero-order valence-electron chi connectivity index (χ0n) is 18.9. The van der Waals surface area contributed by atoms with E-state index in [1.807, 2.05) is 7.05 Å². The predicted molar refractivity (Wildman–Crippen MR) is 129 cm³/mol. The van der Waals surface area contributed by atoms with Crippen molar-refractivity contribution in [2.45, 2.75) is 6.42 Å². The predicted octanol–water partition coefficient (Wildman–Crippen LogP) is 3.23. The number of phenolic OH excluding ortho intramolecular Hbond substituents is 1. The number of phenols is 1. The molecule has 0 unspecified atom stereocenters. The molecule has 1 saturated heterocycles. The molecule has 1 aliphatic heterocycles. The first kappa shape index (κ1) is 26.4. The Balaban J connectivity index is 1.65. The topological polar surface area (TPSA) is 129 Å². The van der Waals surface area contributed by atoms with Crippen molar-refractivity contribution in [3.8, 4) is 17.2 Å². The highest BCUT2D eigenvalue weighted by Gasteiger charge is 2.23. The highest BCUT2D eigenvalue weighted by atomic mass is 35.5. The number of aromatic hydroxyl groups is 1. The van der Waals surface area contributed by atoms with E-state index < -0.39 is 18.6 Å². The number of ether oxygens (including phenoxy) is 2. The van der Waals surface area contributed by atoms with Gasteiger partial charge in [-0.3, -0.25) is 9.59 Å². The smallest absolute Gasteiger partial charge is 0.407 e. The van der Waals surface area contributed by atoms with Gasteiger partial charge in [0.1, 0.15) is 18.0 Å². The number of rotatable bonds is 8. The number of piperazine rings is 1. The molecule has 0 atom stereocenters. The van der Waals surface area contributed by atoms with Gasteiger partial charge in [0.05, 0.1) is 22.2 Å². The van der Waals surface area contributed by atoms with Crippen LogP contribution in [-0.2, 0) is 16.0 Å². The summed E-state index contributed by atoms with van der Waals surface area (Å²) in [5.74, 6) is -1.18. The van der Waals surface area contributed by atoms with E-state index in [2.05, 4.69) is 10.2 Å². The lowest BCUT2D eigenvalue weighted by Crippen LogP contribution is -2.47. The quantitative estimate of drug-likeness (QED) is 0.479. The number of carboxylic acids is 1. The molecule has 10 nitrogen and oxygen atoms in total. The van der Waals surface area contributed by atoms with Gasteiger partial charge in [0, 0.05) is 32.6 Å². The van der Waals surface area contributed by atoms with Gasteiger partial charge in [-0.2, -0.15) is 0 Å². The Labute approximate surface area is 211 Å². The summed E-state index contributed by atoms with van der Waals surface area (Å²) in [6.07, 6.45) is -0.567. The Morgan fingerprint density at radius 1 is 1.06 bits per heavy atom. The highest BCUT2D eigenvalue weighted by Crippen LogP contribution is 2.38. The Morgan fingerprint density at radius 3 is 2.34 bits per heavy atom. The number of alkyl carbamates (subject to hydrolysis) is 1. The average molecular weight is 526 g/mol. The van der Waals surface area contributed by atoms with Crippen molar-refractivity contribution in [1.29, 1.82) is 0 Å². The van der Waals surface area contributed by atoms with Gasteiger partial charge >= 0.3 is 12.1 Å². The largest absolute Gasteiger partial charge is 0.507 e. The van der Waals surface area contributed by atoms with Crippen molar-refractivity contribution >= 4 is 41.2 Å². The van der Waals surface area contributed by atoms with E-state index in [9.17, 15) is 19.5 Å². The van der Waals surface area contributed by atoms with Gasteiger partial charge in [-0.15, -0.1) is 0 Å². The summed E-state index contributed by atoms with van der Waals surface area (Å²) >= 11 is 12.7. The van der Waals surface area contributed by atoms with E-state index >= 15 is 0 Å². The standard InChI is InChI=1S/C23H25Cl2N3O7/c1-27-5-7-28(8-6-27)22(32)16-12-15(2-3-19(16)29)35-21-17(24)10-14(11-18(21)25)4-9-34-23(33)26-13-20(30)31/h2-3,10-12,29H,4-9,13H2,1H3,(H,26,33)(H,30,31). The maximum Gasteiger partial charge on any atom is 0.407 e. The second-order valence-corrected chi connectivity index (χ2v) is 8.71. The summed E-state index contributed by atoms with van der Waals surface area (Å²) in [4.78, 5) is 38.6. The van der Waals surface area contributed by atoms with E-state index in [-0.39, 0.29) is 51.8 Å². The number of amides is 2. The SMILES string of the molecule is CN1CCN(C(=O)c2cc(Oc3c(Cl)cc(CCOC(=O)NCC(=O)O)cc3Cl)ccc2O)CC1. The molecule has 0 radical (unpaired) electrons. The monoisotopic (exact) mass is 525 g/mol. The molecule has 0 aliphatic carbocycles. The van der Waals surface area contributed by atoms with Crippen molar-refractivity contribution in [3.63, 3.8) is 0 Å². The first-order chi connectivity index (χ1) is 16.6. The number of likely N-dealkylation sites (N-methyl/N-ethyl adjacent to an activating group) is 1. The molecule has 12 heteroatoms. The molecule has 1 aliphatic rings. The first-order valence-corrected chi connectivity index (χ1v) is 11.5. The molecule has 3 rings (SSSR count). The van der Waals surface area contributed by atoms with E-state index in [1.165, 1.54) is 18.2 Å². The molecule has 35 heavy (non-hydrogen) atoms. The van der Waals surface area contributed by atoms with Gasteiger partial charge in [-0.1, -0.05) is 23.2 Å². The van der Waals surface area contributed by atoms with Crippen LogP contribution in [0.3, 0.4) is 0 Å². The summed E-state index contributed by atoms with van der Waals surface area (Å²) in [6, 6.07) is 7.51. The molecule has 188 valence electrons. The molecule has 3 N–H and O–H groups in total. The number of aliphatic carboxylic acids is 1. The van der Waals surface area contributed by atoms with Crippen molar-refractivity contribution in [3.05, 3.63) is 51.5 Å². The van der Waals surface area contributed by atoms with Gasteiger partial charge in [0.15, 0.2) is 5.75 Å². The normalized spacial score (nSPS) is 13.9. The molecule has 1 heterocycles. The van der Waals surface area contributed by atoms with Crippen LogP contribution in [0.2, 0.25) is 10.0 Å². The van der Waals surface area contributed by atoms with Gasteiger partial charge in [-0.25, -0.2) is 4.79 Å². The minimum absolute atomic E-state index is 0.0198. The molecule has 0 spiro atoms. The fourth-order valence-corrected chi connectivity index (χ4v) is 3.97. The number of hydrogen-bond donors (Lipinski definition) is 3. The Kier molecular flexibility index (Phi) is 9.02. The zero-order chi connectivity index (χ0) is 25.5. The number of benzene rings is 2. The number of nitrogens with one attached hydrogen (secondary N) is 1. The summed E-state index contributed by atoms with van der Waals surface area (Å²) in [7, 11) is 1.98. The molecule has 2 aromatic carbocycles. The van der Waals surface area contributed by atoms with Gasteiger partial charge in [0.25, 0.3) is 5.91 Å². The number of nitrogens with zero attached hydrogens (tertiary/aromatic N) is 2. The van der Waals surface area contributed by atoms with Crippen LogP contribution in [0.25, 0.3) is 0 Å². The summed E-state index contributed by atoms with van der Waals surface area (Å²) in [5, 5.41) is 21.3. The summed E-state index contributed by atoms with van der Waals surface area (Å²) in [6.45, 7) is 2.06. The molecule has 0 aromatic heterocycles. The average Bonchev–Trinajstić information content (AvgIpc) is 2.81. The third-order valence-electron chi connectivity index (χ3n) is 5.27. The maximum absolute atomic E-state index is 12.9. The van der Waals surface area contributed by atoms with Crippen LogP contribution in [0, 0.1) is 0 Å². The number of carbonyl (C=O) groups is 3. The molecular formula is C23H25Cl2N3O7. The van der Waals surface area contributed by atoms with Crippen molar-refractivity contribution in [2.24, 2.45) is 0 Å². The number of carboxylic acid groups (broad SMARTS) is 1. The Bertz CT molecular complexity index is 1080. The minimum Gasteiger partial charge on any atom is -0.507 e. The van der Waals surface area contributed by atoms with Crippen LogP contribution in [-0.4, -0.2) is 84.4 Å². The van der Waals surface area contributed by atoms with Gasteiger partial charge in [-0.05, 0) is 42.9 Å². The fraction of sp³-hybridized carbons (Fsp3) is 0.348. The van der Waals surface area contributed by atoms with E-state index in [0.717, 1.165) is 13.1 Å². The number of carbonyl (C=O) groups excluding carboxylic acids is 2. The molecule has 0 saturated carbocycles. The lowest BCUT2D eigenvalue weighted by molar-refractivity contribution is -0.135. The van der Waals surface area contributed by atoms with Crippen molar-refractivity contribution in [1.82, 2.24) is 15.1 Å². The summed E-state index contributed by atoms with van der Waals surface area (Å²) in [5.41, 5.74) is 0.782. The number of halogens is 2. The van der Waals surface area contributed by atoms with Crippen LogP contribution in [0.1, 0.15) is 15.9 Å². The van der Waals surface area contributed by atoms with Crippen molar-refractivity contribution < 1.29 is 34.1 Å². The van der Waals surface area contributed by atoms with Crippen LogP contribution < -0.4 is 10.1 Å². The highest BCUT2D eigenvalue weighted by molar-refractivity contribution is 6.37. The van der Waals surface area contributed by atoms with Gasteiger partial charge < -0.3 is 34.8 Å². The second kappa shape index (κ2) is 12.0. The van der Waals surface area contributed by atoms with Crippen molar-refractivity contribution in [2.75, 3.05) is 46.4 Å². The van der Waals surface area contributed by atoms with E-state index in [0.29, 0.717) is 18.7 Å². The fourth-order valence-electron chi connectivity index (χ4n) is 3.36. The molecular weight excluding hydrogens is 501 g/mol. The second-order valence-electron chi connectivity index (χ2n) is 7.90. The first-order valence-electron chi connectivity index (χ1n) is 10.7. The number of hydrogen-bond acceptors (Lipinski definition) is 7. The Hall–Kier alpha value is -3.21. The molecule has 2 aromatic rings. The maximum atomic E-state index is 12.9. The molecule has 0 bridgehead atoms. The molecule has 2 amide bonds. The minimum atomic E-state index is -1.18. The van der Waals surface area contributed by atoms with Crippen LogP contribution >= 0.6 is 23.2 Å². The van der Waals surface area contributed by atoms with Crippen LogP contribution in [0.15, 0.2) is 30.3 Å². The lowest BCUT2D eigenvalue weighted by Gasteiger charge is -2.32. The summed E-state index contributed by atoms with van der Waals surface area (Å²) < 4.78 is 10.7. The van der Waals surface area contributed by atoms with Crippen LogP contribution in [0.5, 0.6) is 17.2 Å². The third-order valence-corrected chi connectivity index (χ3v) is 5.84. The zero-order valence-corrected chi connectivity index (χ0v) is 20.4. The Morgan fingerprint density at radius 2 is 1.71 bits per heavy atom. The van der Waals surface area contributed by atoms with E-state index in [4.69, 9.17) is 37.8 Å². The van der Waals surface area contributed by atoms with E-state index in [1.54, 1.807) is 17.0 Å².